The monoisotopic (exact) mass is 278 g/mol. The van der Waals surface area contributed by atoms with E-state index in [0.717, 1.165) is 27.8 Å². The van der Waals surface area contributed by atoms with Crippen molar-refractivity contribution in [3.63, 3.8) is 0 Å². The van der Waals surface area contributed by atoms with Crippen molar-refractivity contribution in [2.24, 2.45) is 5.73 Å². The predicted octanol–water partition coefficient (Wildman–Crippen LogP) is 3.83. The molecule has 1 heterocycles. The van der Waals surface area contributed by atoms with Crippen molar-refractivity contribution >= 4 is 10.9 Å². The van der Waals surface area contributed by atoms with E-state index in [1.165, 1.54) is 0 Å². The van der Waals surface area contributed by atoms with E-state index in [1.807, 2.05) is 55.6 Å². The smallest absolute Gasteiger partial charge is 0.124 e. The zero-order valence-corrected chi connectivity index (χ0v) is 12.0. The molecule has 2 aromatic carbocycles. The molecule has 21 heavy (non-hydrogen) atoms. The SMILES string of the molecule is C[C@@H](N)c1ccccc1OCc1cccc2cccnc12. The number of nitrogens with zero attached hydrogens (tertiary/aromatic N) is 1. The lowest BCUT2D eigenvalue weighted by atomic mass is 10.1. The van der Waals surface area contributed by atoms with Gasteiger partial charge in [0.05, 0.1) is 5.52 Å². The van der Waals surface area contributed by atoms with E-state index in [1.54, 1.807) is 0 Å². The summed E-state index contributed by atoms with van der Waals surface area (Å²) in [5.74, 6) is 0.834. The Hall–Kier alpha value is -2.39. The molecule has 1 atom stereocenters. The number of benzene rings is 2. The minimum absolute atomic E-state index is 0.0492. The van der Waals surface area contributed by atoms with Gasteiger partial charge in [0.1, 0.15) is 12.4 Å². The van der Waals surface area contributed by atoms with Gasteiger partial charge in [0, 0.05) is 28.8 Å². The highest BCUT2D eigenvalue weighted by Crippen LogP contribution is 2.25. The molecule has 0 radical (unpaired) electrons. The van der Waals surface area contributed by atoms with Gasteiger partial charge in [-0.1, -0.05) is 42.5 Å². The fourth-order valence-corrected chi connectivity index (χ4v) is 2.43. The lowest BCUT2D eigenvalue weighted by molar-refractivity contribution is 0.302. The average Bonchev–Trinajstić information content (AvgIpc) is 2.53. The Morgan fingerprint density at radius 3 is 2.71 bits per heavy atom. The van der Waals surface area contributed by atoms with E-state index in [4.69, 9.17) is 10.5 Å². The maximum absolute atomic E-state index is 5.98. The van der Waals surface area contributed by atoms with Crippen LogP contribution >= 0.6 is 0 Å². The highest BCUT2D eigenvalue weighted by atomic mass is 16.5. The average molecular weight is 278 g/mol. The van der Waals surface area contributed by atoms with E-state index in [9.17, 15) is 0 Å². The maximum Gasteiger partial charge on any atom is 0.124 e. The van der Waals surface area contributed by atoms with Gasteiger partial charge < -0.3 is 10.5 Å². The van der Waals surface area contributed by atoms with E-state index in [0.29, 0.717) is 6.61 Å². The molecule has 0 aliphatic rings. The molecule has 3 aromatic rings. The van der Waals surface area contributed by atoms with Crippen LogP contribution in [0.2, 0.25) is 0 Å². The van der Waals surface area contributed by atoms with Crippen LogP contribution in [-0.4, -0.2) is 4.98 Å². The van der Waals surface area contributed by atoms with Crippen LogP contribution in [0.1, 0.15) is 24.1 Å². The fraction of sp³-hybridized carbons (Fsp3) is 0.167. The zero-order valence-electron chi connectivity index (χ0n) is 12.0. The highest BCUT2D eigenvalue weighted by Gasteiger charge is 2.08. The molecular formula is C18H18N2O. The molecule has 0 saturated heterocycles. The van der Waals surface area contributed by atoms with Gasteiger partial charge in [-0.25, -0.2) is 0 Å². The molecule has 0 bridgehead atoms. The summed E-state index contributed by atoms with van der Waals surface area (Å²) < 4.78 is 5.97. The van der Waals surface area contributed by atoms with Gasteiger partial charge in [0.2, 0.25) is 0 Å². The third kappa shape index (κ3) is 2.88. The second kappa shape index (κ2) is 5.94. The van der Waals surface area contributed by atoms with Gasteiger partial charge in [-0.3, -0.25) is 4.98 Å². The standard InChI is InChI=1S/C18H18N2O/c1-13(19)16-9-2-3-10-17(16)21-12-15-7-4-6-14-8-5-11-20-18(14)15/h2-11,13H,12,19H2,1H3/t13-/m1/s1. The van der Waals surface area contributed by atoms with Crippen molar-refractivity contribution in [3.05, 3.63) is 71.9 Å². The van der Waals surface area contributed by atoms with E-state index >= 15 is 0 Å². The number of fused-ring (bicyclic) bond motifs is 1. The Kier molecular flexibility index (Phi) is 3.84. The summed E-state index contributed by atoms with van der Waals surface area (Å²) in [5.41, 5.74) is 9.06. The summed E-state index contributed by atoms with van der Waals surface area (Å²) in [6.07, 6.45) is 1.81. The Morgan fingerprint density at radius 1 is 1.05 bits per heavy atom. The number of pyridine rings is 1. The molecule has 3 nitrogen and oxygen atoms in total. The van der Waals surface area contributed by atoms with Gasteiger partial charge in [-0.2, -0.15) is 0 Å². The highest BCUT2D eigenvalue weighted by molar-refractivity contribution is 5.81. The van der Waals surface area contributed by atoms with Crippen molar-refractivity contribution in [2.75, 3.05) is 0 Å². The second-order valence-corrected chi connectivity index (χ2v) is 5.11. The summed E-state index contributed by atoms with van der Waals surface area (Å²) in [6.45, 7) is 2.44. The van der Waals surface area contributed by atoms with Gasteiger partial charge in [-0.15, -0.1) is 0 Å². The zero-order chi connectivity index (χ0) is 14.7. The van der Waals surface area contributed by atoms with Crippen molar-refractivity contribution in [1.82, 2.24) is 4.98 Å². The Morgan fingerprint density at radius 2 is 1.86 bits per heavy atom. The molecule has 1 aromatic heterocycles. The molecule has 3 heteroatoms. The molecular weight excluding hydrogens is 260 g/mol. The number of nitrogens with two attached hydrogens (primary N) is 1. The minimum Gasteiger partial charge on any atom is -0.488 e. The van der Waals surface area contributed by atoms with E-state index in [-0.39, 0.29) is 6.04 Å². The lowest BCUT2D eigenvalue weighted by Crippen LogP contribution is -2.08. The minimum atomic E-state index is -0.0492. The van der Waals surface area contributed by atoms with Crippen molar-refractivity contribution in [3.8, 4) is 5.75 Å². The normalized spacial score (nSPS) is 12.3. The predicted molar refractivity (Wildman–Crippen MR) is 85.1 cm³/mol. The van der Waals surface area contributed by atoms with Gasteiger partial charge in [0.25, 0.3) is 0 Å². The molecule has 0 fully saturated rings. The summed E-state index contributed by atoms with van der Waals surface area (Å²) >= 11 is 0. The molecule has 0 aliphatic heterocycles. The molecule has 0 unspecified atom stereocenters. The third-order valence-corrected chi connectivity index (χ3v) is 3.51. The summed E-state index contributed by atoms with van der Waals surface area (Å²) in [4.78, 5) is 4.45. The van der Waals surface area contributed by atoms with Crippen molar-refractivity contribution in [2.45, 2.75) is 19.6 Å². The number of hydrogen-bond donors (Lipinski definition) is 1. The first-order chi connectivity index (χ1) is 10.3. The molecule has 0 aliphatic carbocycles. The number of hydrogen-bond acceptors (Lipinski definition) is 3. The Bertz CT molecular complexity index is 748. The van der Waals surface area contributed by atoms with Crippen LogP contribution < -0.4 is 10.5 Å². The summed E-state index contributed by atoms with van der Waals surface area (Å²) in [6, 6.07) is 18.0. The number of ether oxygens (including phenoxy) is 1. The Balaban J connectivity index is 1.87. The second-order valence-electron chi connectivity index (χ2n) is 5.11. The van der Waals surface area contributed by atoms with Crippen molar-refractivity contribution < 1.29 is 4.74 Å². The van der Waals surface area contributed by atoms with Crippen LogP contribution in [-0.2, 0) is 6.61 Å². The largest absolute Gasteiger partial charge is 0.488 e. The van der Waals surface area contributed by atoms with E-state index in [2.05, 4.69) is 17.1 Å². The fourth-order valence-electron chi connectivity index (χ4n) is 2.43. The van der Waals surface area contributed by atoms with Crippen LogP contribution in [0.5, 0.6) is 5.75 Å². The molecule has 106 valence electrons. The first kappa shape index (κ1) is 13.6. The molecule has 0 amide bonds. The van der Waals surface area contributed by atoms with Gasteiger partial charge in [-0.05, 0) is 19.1 Å². The molecule has 2 N–H and O–H groups in total. The summed E-state index contributed by atoms with van der Waals surface area (Å²) in [5, 5.41) is 1.12. The van der Waals surface area contributed by atoms with Crippen LogP contribution in [0.25, 0.3) is 10.9 Å². The van der Waals surface area contributed by atoms with Crippen LogP contribution in [0.15, 0.2) is 60.8 Å². The van der Waals surface area contributed by atoms with Gasteiger partial charge in [0.15, 0.2) is 0 Å². The molecule has 0 saturated carbocycles. The topological polar surface area (TPSA) is 48.1 Å². The summed E-state index contributed by atoms with van der Waals surface area (Å²) in [7, 11) is 0. The van der Waals surface area contributed by atoms with Crippen molar-refractivity contribution in [1.29, 1.82) is 0 Å². The van der Waals surface area contributed by atoms with Crippen LogP contribution in [0.3, 0.4) is 0 Å². The first-order valence-electron chi connectivity index (χ1n) is 7.05. The maximum atomic E-state index is 5.98. The van der Waals surface area contributed by atoms with Crippen LogP contribution in [0, 0.1) is 0 Å². The number of para-hydroxylation sites is 2. The molecule has 0 spiro atoms. The first-order valence-corrected chi connectivity index (χ1v) is 7.05. The van der Waals surface area contributed by atoms with Crippen LogP contribution in [0.4, 0.5) is 0 Å². The lowest BCUT2D eigenvalue weighted by Gasteiger charge is -2.14. The molecule has 3 rings (SSSR count). The Labute approximate surface area is 124 Å². The number of aromatic nitrogens is 1. The van der Waals surface area contributed by atoms with E-state index < -0.39 is 0 Å². The van der Waals surface area contributed by atoms with Gasteiger partial charge >= 0.3 is 0 Å². The third-order valence-electron chi connectivity index (χ3n) is 3.51. The quantitative estimate of drug-likeness (QED) is 0.789. The number of rotatable bonds is 4.